The molecule has 0 spiro atoms. The van der Waals surface area contributed by atoms with E-state index in [1.165, 1.54) is 6.07 Å². The number of halogens is 2. The summed E-state index contributed by atoms with van der Waals surface area (Å²) in [4.78, 5) is 16.3. The van der Waals surface area contributed by atoms with Crippen molar-refractivity contribution in [3.8, 4) is 0 Å². The van der Waals surface area contributed by atoms with E-state index in [9.17, 15) is 9.90 Å². The first-order valence-corrected chi connectivity index (χ1v) is 9.57. The largest absolute Gasteiger partial charge is 0.478 e. The molecule has 0 amide bonds. The normalized spacial score (nSPS) is 14.0. The molecule has 2 heterocycles. The van der Waals surface area contributed by atoms with E-state index in [0.717, 1.165) is 47.2 Å². The molecule has 0 fully saturated rings. The van der Waals surface area contributed by atoms with Crippen molar-refractivity contribution in [3.63, 3.8) is 0 Å². The Kier molecular flexibility index (Phi) is 5.22. The maximum atomic E-state index is 11.7. The van der Waals surface area contributed by atoms with Crippen LogP contribution in [0.4, 0.5) is 11.4 Å². The Morgan fingerprint density at radius 3 is 2.68 bits per heavy atom. The second kappa shape index (κ2) is 7.80. The number of pyridine rings is 1. The number of nitrogens with one attached hydrogen (secondary N) is 2. The minimum atomic E-state index is -1.05. The zero-order valence-electron chi connectivity index (χ0n) is 14.8. The van der Waals surface area contributed by atoms with Gasteiger partial charge in [-0.15, -0.1) is 0 Å². The molecular formula is C21H17Cl2N3O2. The smallest absolute Gasteiger partial charge is 0.337 e. The molecule has 28 heavy (non-hydrogen) atoms. The van der Waals surface area contributed by atoms with Gasteiger partial charge in [-0.3, -0.25) is 4.98 Å². The van der Waals surface area contributed by atoms with Gasteiger partial charge in [0.05, 0.1) is 22.5 Å². The highest BCUT2D eigenvalue weighted by molar-refractivity contribution is 6.31. The molecule has 3 N–H and O–H groups in total. The Balaban J connectivity index is 1.92. The average Bonchev–Trinajstić information content (AvgIpc) is 2.70. The molecular weight excluding hydrogens is 397 g/mol. The van der Waals surface area contributed by atoms with Crippen LogP contribution in [-0.4, -0.2) is 29.1 Å². The van der Waals surface area contributed by atoms with Crippen LogP contribution in [0.2, 0.25) is 10.0 Å². The molecule has 0 radical (unpaired) electrons. The van der Waals surface area contributed by atoms with Crippen molar-refractivity contribution in [2.75, 3.05) is 18.4 Å². The van der Waals surface area contributed by atoms with Gasteiger partial charge in [-0.2, -0.15) is 0 Å². The Bertz CT molecular complexity index is 1110. The van der Waals surface area contributed by atoms with E-state index < -0.39 is 5.97 Å². The first kappa shape index (κ1) is 18.7. The fourth-order valence-electron chi connectivity index (χ4n) is 3.35. The fourth-order valence-corrected chi connectivity index (χ4v) is 3.69. The lowest BCUT2D eigenvalue weighted by atomic mass is 9.97. The minimum absolute atomic E-state index is 0.102. The summed E-state index contributed by atoms with van der Waals surface area (Å²) >= 11 is 12.2. The van der Waals surface area contributed by atoms with Crippen LogP contribution in [0.5, 0.6) is 0 Å². The highest BCUT2D eigenvalue weighted by atomic mass is 35.5. The number of carbonyl (C=O) groups is 1. The Morgan fingerprint density at radius 1 is 1.14 bits per heavy atom. The highest BCUT2D eigenvalue weighted by Gasteiger charge is 2.18. The molecule has 0 unspecified atom stereocenters. The lowest BCUT2D eigenvalue weighted by Crippen LogP contribution is -2.20. The lowest BCUT2D eigenvalue weighted by Gasteiger charge is -2.20. The molecule has 1 aromatic heterocycles. The van der Waals surface area contributed by atoms with Gasteiger partial charge in [-0.05, 0) is 54.9 Å². The summed E-state index contributed by atoms with van der Waals surface area (Å²) in [5.41, 5.74) is 4.20. The second-order valence-corrected chi connectivity index (χ2v) is 7.38. The van der Waals surface area contributed by atoms with Crippen molar-refractivity contribution in [2.24, 2.45) is 0 Å². The Hall–Kier alpha value is -2.60. The van der Waals surface area contributed by atoms with Crippen LogP contribution < -0.4 is 10.6 Å². The van der Waals surface area contributed by atoms with Crippen LogP contribution in [0.15, 0.2) is 48.7 Å². The molecule has 142 valence electrons. The molecule has 0 aliphatic carbocycles. The SMILES string of the molecule is O=C(O)c1cc(Cl)ccc1Nc1c(C2=CCNCC2)cnc2ccc(Cl)cc12. The van der Waals surface area contributed by atoms with Gasteiger partial charge in [0.1, 0.15) is 0 Å². The van der Waals surface area contributed by atoms with E-state index in [1.54, 1.807) is 18.2 Å². The molecule has 1 aliphatic rings. The van der Waals surface area contributed by atoms with Crippen LogP contribution >= 0.6 is 23.2 Å². The number of hydrogen-bond donors (Lipinski definition) is 3. The minimum Gasteiger partial charge on any atom is -0.478 e. The maximum Gasteiger partial charge on any atom is 0.337 e. The van der Waals surface area contributed by atoms with Crippen LogP contribution in [0, 0.1) is 0 Å². The molecule has 4 rings (SSSR count). The van der Waals surface area contributed by atoms with Gasteiger partial charge in [0.25, 0.3) is 0 Å². The van der Waals surface area contributed by atoms with Gasteiger partial charge in [0.2, 0.25) is 0 Å². The molecule has 0 saturated heterocycles. The van der Waals surface area contributed by atoms with Crippen molar-refractivity contribution in [1.29, 1.82) is 0 Å². The summed E-state index contributed by atoms with van der Waals surface area (Å²) in [6, 6.07) is 10.2. The first-order valence-electron chi connectivity index (χ1n) is 8.81. The number of hydrogen-bond acceptors (Lipinski definition) is 4. The van der Waals surface area contributed by atoms with Gasteiger partial charge < -0.3 is 15.7 Å². The molecule has 0 saturated carbocycles. The van der Waals surface area contributed by atoms with Gasteiger partial charge in [-0.25, -0.2) is 4.79 Å². The van der Waals surface area contributed by atoms with Crippen LogP contribution in [0.1, 0.15) is 22.3 Å². The first-order chi connectivity index (χ1) is 13.5. The third kappa shape index (κ3) is 3.69. The van der Waals surface area contributed by atoms with Gasteiger partial charge in [0.15, 0.2) is 0 Å². The number of aromatic carboxylic acids is 1. The van der Waals surface area contributed by atoms with Crippen molar-refractivity contribution >= 4 is 57.0 Å². The summed E-state index contributed by atoms with van der Waals surface area (Å²) in [7, 11) is 0. The number of carboxylic acid groups (broad SMARTS) is 1. The van der Waals surface area contributed by atoms with E-state index in [-0.39, 0.29) is 5.56 Å². The number of benzene rings is 2. The van der Waals surface area contributed by atoms with Gasteiger partial charge in [-0.1, -0.05) is 29.3 Å². The topological polar surface area (TPSA) is 74.2 Å². The number of aromatic nitrogens is 1. The van der Waals surface area contributed by atoms with Crippen molar-refractivity contribution in [2.45, 2.75) is 6.42 Å². The fraction of sp³-hybridized carbons (Fsp3) is 0.143. The zero-order valence-corrected chi connectivity index (χ0v) is 16.3. The molecule has 2 aromatic carbocycles. The van der Waals surface area contributed by atoms with E-state index in [2.05, 4.69) is 21.7 Å². The molecule has 0 bridgehead atoms. The number of nitrogens with zero attached hydrogens (tertiary/aromatic N) is 1. The summed E-state index contributed by atoms with van der Waals surface area (Å²) in [6.45, 7) is 1.66. The van der Waals surface area contributed by atoms with Crippen LogP contribution in [0.25, 0.3) is 16.5 Å². The third-order valence-corrected chi connectivity index (χ3v) is 5.18. The molecule has 0 atom stereocenters. The van der Waals surface area contributed by atoms with Crippen LogP contribution in [-0.2, 0) is 0 Å². The Labute approximate surface area is 172 Å². The van der Waals surface area contributed by atoms with E-state index >= 15 is 0 Å². The van der Waals surface area contributed by atoms with Crippen molar-refractivity contribution in [3.05, 3.63) is 69.8 Å². The molecule has 5 nitrogen and oxygen atoms in total. The summed E-state index contributed by atoms with van der Waals surface area (Å²) in [6.07, 6.45) is 4.81. The molecule has 3 aromatic rings. The van der Waals surface area contributed by atoms with Gasteiger partial charge >= 0.3 is 5.97 Å². The van der Waals surface area contributed by atoms with E-state index in [1.807, 2.05) is 18.3 Å². The van der Waals surface area contributed by atoms with Crippen molar-refractivity contribution in [1.82, 2.24) is 10.3 Å². The monoisotopic (exact) mass is 413 g/mol. The molecule has 7 heteroatoms. The quantitative estimate of drug-likeness (QED) is 0.536. The van der Waals surface area contributed by atoms with E-state index in [4.69, 9.17) is 23.2 Å². The number of rotatable bonds is 4. The number of fused-ring (bicyclic) bond motifs is 1. The zero-order chi connectivity index (χ0) is 19.7. The predicted octanol–water partition coefficient (Wildman–Crippen LogP) is 5.36. The standard InChI is InChI=1S/C21H17Cl2N3O2/c22-13-1-3-18-15(9-13)20(17(11-25-18)12-5-7-24-8-6-12)26-19-4-2-14(23)10-16(19)21(27)28/h1-5,9-11,24H,6-8H2,(H,25,26)(H,27,28). The summed E-state index contributed by atoms with van der Waals surface area (Å²) in [5.74, 6) is -1.05. The molecule has 1 aliphatic heterocycles. The maximum absolute atomic E-state index is 11.7. The number of carboxylic acids is 1. The number of anilines is 2. The van der Waals surface area contributed by atoms with Crippen molar-refractivity contribution < 1.29 is 9.90 Å². The highest BCUT2D eigenvalue weighted by Crippen LogP contribution is 2.37. The predicted molar refractivity (Wildman–Crippen MR) is 114 cm³/mol. The lowest BCUT2D eigenvalue weighted by molar-refractivity contribution is 0.0698. The summed E-state index contributed by atoms with van der Waals surface area (Å²) in [5, 5.41) is 18.0. The third-order valence-electron chi connectivity index (χ3n) is 4.71. The van der Waals surface area contributed by atoms with Crippen LogP contribution in [0.3, 0.4) is 0 Å². The Morgan fingerprint density at radius 2 is 1.93 bits per heavy atom. The van der Waals surface area contributed by atoms with Gasteiger partial charge in [0, 0.05) is 33.7 Å². The van der Waals surface area contributed by atoms with E-state index in [0.29, 0.717) is 15.7 Å². The summed E-state index contributed by atoms with van der Waals surface area (Å²) < 4.78 is 0. The average molecular weight is 414 g/mol. The second-order valence-electron chi connectivity index (χ2n) is 6.51.